The summed E-state index contributed by atoms with van der Waals surface area (Å²) in [5, 5.41) is 0. The summed E-state index contributed by atoms with van der Waals surface area (Å²) in [4.78, 5) is 21.2. The Morgan fingerprint density at radius 1 is 1.30 bits per heavy atom. The van der Waals surface area contributed by atoms with Crippen LogP contribution < -0.4 is 0 Å². The number of allylic oxidation sites excluding steroid dienone is 2. The predicted octanol–water partition coefficient (Wildman–Crippen LogP) is 4.44. The van der Waals surface area contributed by atoms with Crippen LogP contribution in [0.1, 0.15) is 63.9 Å². The van der Waals surface area contributed by atoms with Gasteiger partial charge in [-0.05, 0) is 36.3 Å². The molecule has 23 heavy (non-hydrogen) atoms. The quantitative estimate of drug-likeness (QED) is 0.719. The lowest BCUT2D eigenvalue weighted by Gasteiger charge is -2.50. The van der Waals surface area contributed by atoms with Crippen molar-refractivity contribution < 1.29 is 4.79 Å². The fourth-order valence-electron chi connectivity index (χ4n) is 4.46. The van der Waals surface area contributed by atoms with E-state index in [4.69, 9.17) is 11.6 Å². The number of fused-ring (bicyclic) bond motifs is 3. The number of aromatic nitrogens is 1. The van der Waals surface area contributed by atoms with Crippen LogP contribution in [0.4, 0.5) is 0 Å². The largest absolute Gasteiger partial charge is 0.307 e. The Bertz CT molecular complexity index is 751. The summed E-state index contributed by atoms with van der Waals surface area (Å²) >= 11 is 0. The number of rotatable bonds is 1. The number of hydrogen-bond donors (Lipinski definition) is 0. The lowest BCUT2D eigenvalue weighted by Crippen LogP contribution is -2.51. The molecular formula is C20H24N2O. The third-order valence-corrected chi connectivity index (χ3v) is 5.77. The van der Waals surface area contributed by atoms with Crippen LogP contribution in [0.5, 0.6) is 0 Å². The Kier molecular flexibility index (Phi) is 3.48. The molecule has 0 saturated carbocycles. The van der Waals surface area contributed by atoms with Crippen molar-refractivity contribution in [2.24, 2.45) is 11.3 Å². The lowest BCUT2D eigenvalue weighted by molar-refractivity contribution is -0.128. The number of pyridine rings is 1. The summed E-state index contributed by atoms with van der Waals surface area (Å²) in [5.41, 5.74) is 2.84. The second-order valence-electron chi connectivity index (χ2n) is 7.96. The van der Waals surface area contributed by atoms with E-state index >= 15 is 0 Å². The molecular weight excluding hydrogens is 284 g/mol. The third-order valence-electron chi connectivity index (χ3n) is 5.77. The minimum atomic E-state index is -0.517. The fourth-order valence-corrected chi connectivity index (χ4v) is 4.46. The van der Waals surface area contributed by atoms with Crippen LogP contribution in [0.3, 0.4) is 0 Å². The van der Waals surface area contributed by atoms with Gasteiger partial charge in [0.2, 0.25) is 5.70 Å². The molecule has 120 valence electrons. The number of Topliss-reactive ketones (excluding diaryl/α,β-unsaturated/α-hetero) is 1. The van der Waals surface area contributed by atoms with Gasteiger partial charge in [-0.15, -0.1) is 0 Å². The van der Waals surface area contributed by atoms with Gasteiger partial charge in [0.1, 0.15) is 0 Å². The van der Waals surface area contributed by atoms with Crippen LogP contribution in [0.15, 0.2) is 23.9 Å². The first-order valence-corrected chi connectivity index (χ1v) is 8.37. The normalized spacial score (nSPS) is 28.7. The molecule has 1 aromatic rings. The van der Waals surface area contributed by atoms with Crippen molar-refractivity contribution in [3.63, 3.8) is 0 Å². The maximum atomic E-state index is 12.7. The Morgan fingerprint density at radius 3 is 2.61 bits per heavy atom. The Balaban J connectivity index is 2.26. The fraction of sp³-hybridized carbons (Fsp3) is 0.550. The lowest BCUT2D eigenvalue weighted by atomic mass is 9.53. The zero-order valence-corrected chi connectivity index (χ0v) is 14.6. The van der Waals surface area contributed by atoms with Crippen LogP contribution >= 0.6 is 0 Å². The molecule has 1 heterocycles. The summed E-state index contributed by atoms with van der Waals surface area (Å²) in [6, 6.07) is 4.31. The Morgan fingerprint density at radius 2 is 2.00 bits per heavy atom. The second-order valence-corrected chi connectivity index (χ2v) is 7.96. The molecule has 0 unspecified atom stereocenters. The number of carbonyl (C=O) groups is 1. The van der Waals surface area contributed by atoms with Gasteiger partial charge in [-0.2, -0.15) is 0 Å². The number of aryl methyl sites for hydroxylation is 1. The molecule has 0 saturated heterocycles. The average molecular weight is 308 g/mol. The molecule has 3 heteroatoms. The molecule has 0 aliphatic heterocycles. The van der Waals surface area contributed by atoms with E-state index in [0.29, 0.717) is 5.92 Å². The van der Waals surface area contributed by atoms with Crippen molar-refractivity contribution in [3.8, 4) is 0 Å². The maximum Gasteiger partial charge on any atom is 0.226 e. The molecule has 0 fully saturated rings. The zero-order chi connectivity index (χ0) is 17.0. The van der Waals surface area contributed by atoms with Crippen LogP contribution in [0.2, 0.25) is 0 Å². The molecule has 0 N–H and O–H groups in total. The molecule has 3 rings (SSSR count). The first-order valence-electron chi connectivity index (χ1n) is 8.37. The van der Waals surface area contributed by atoms with Gasteiger partial charge in [-0.25, -0.2) is 4.85 Å². The first kappa shape index (κ1) is 15.9. The number of hydrogen-bond acceptors (Lipinski definition) is 2. The molecule has 1 aromatic heterocycles. The standard InChI is InChI=1S/C20H24N2O/c1-12(2)14-9-7-13-8-10-16-19(3,4)18(23)15(21-6)11-20(16,5)17(13)22-14/h7,9,11-12,16H,8,10H2,1-5H3/t16-,20-/m0/s1. The van der Waals surface area contributed by atoms with E-state index in [0.717, 1.165) is 24.2 Å². The van der Waals surface area contributed by atoms with Crippen molar-refractivity contribution in [1.29, 1.82) is 0 Å². The van der Waals surface area contributed by atoms with Gasteiger partial charge < -0.3 is 4.79 Å². The molecule has 0 radical (unpaired) electrons. The van der Waals surface area contributed by atoms with E-state index in [1.807, 2.05) is 19.9 Å². The molecule has 0 aromatic carbocycles. The van der Waals surface area contributed by atoms with Crippen LogP contribution in [0, 0.1) is 17.9 Å². The highest BCUT2D eigenvalue weighted by molar-refractivity contribution is 6.02. The van der Waals surface area contributed by atoms with E-state index in [1.165, 1.54) is 5.56 Å². The molecule has 0 amide bonds. The van der Waals surface area contributed by atoms with Crippen molar-refractivity contribution >= 4 is 5.78 Å². The number of nitrogens with zero attached hydrogens (tertiary/aromatic N) is 2. The molecule has 2 aliphatic carbocycles. The van der Waals surface area contributed by atoms with Gasteiger partial charge in [0.15, 0.2) is 5.78 Å². The van der Waals surface area contributed by atoms with E-state index in [1.54, 1.807) is 0 Å². The minimum Gasteiger partial charge on any atom is -0.307 e. The van der Waals surface area contributed by atoms with Crippen molar-refractivity contribution in [2.45, 2.75) is 58.8 Å². The maximum absolute atomic E-state index is 12.7. The number of carbonyl (C=O) groups excluding carboxylic acids is 1. The highest BCUT2D eigenvalue weighted by Gasteiger charge is 2.54. The summed E-state index contributed by atoms with van der Waals surface area (Å²) in [6.45, 7) is 17.8. The third kappa shape index (κ3) is 2.16. The number of ketones is 1. The van der Waals surface area contributed by atoms with E-state index in [2.05, 4.69) is 37.7 Å². The summed E-state index contributed by atoms with van der Waals surface area (Å²) in [6.07, 6.45) is 3.82. The first-order chi connectivity index (χ1) is 10.7. The second kappa shape index (κ2) is 5.03. The van der Waals surface area contributed by atoms with Gasteiger partial charge in [0.05, 0.1) is 12.3 Å². The highest BCUT2D eigenvalue weighted by Crippen LogP contribution is 2.54. The van der Waals surface area contributed by atoms with Crippen LogP contribution in [-0.2, 0) is 16.6 Å². The molecule has 0 bridgehead atoms. The monoisotopic (exact) mass is 308 g/mol. The van der Waals surface area contributed by atoms with Gasteiger partial charge in [0.25, 0.3) is 0 Å². The smallest absolute Gasteiger partial charge is 0.226 e. The predicted molar refractivity (Wildman–Crippen MR) is 91.0 cm³/mol. The summed E-state index contributed by atoms with van der Waals surface area (Å²) in [5.74, 6) is 0.542. The van der Waals surface area contributed by atoms with Crippen LogP contribution in [0.25, 0.3) is 4.85 Å². The SMILES string of the molecule is [C-]#[N+]C1=C[C@]2(C)c3nc(C(C)C)ccc3CC[C@H]2C(C)(C)C1=O. The van der Waals surface area contributed by atoms with E-state index in [9.17, 15) is 4.79 Å². The zero-order valence-electron chi connectivity index (χ0n) is 14.6. The van der Waals surface area contributed by atoms with Crippen molar-refractivity contribution in [3.05, 3.63) is 52.3 Å². The summed E-state index contributed by atoms with van der Waals surface area (Å²) in [7, 11) is 0. The van der Waals surface area contributed by atoms with Gasteiger partial charge >= 0.3 is 0 Å². The Labute approximate surface area is 138 Å². The molecule has 2 atom stereocenters. The van der Waals surface area contributed by atoms with Crippen molar-refractivity contribution in [2.75, 3.05) is 0 Å². The van der Waals surface area contributed by atoms with Gasteiger partial charge in [-0.1, -0.05) is 46.8 Å². The van der Waals surface area contributed by atoms with Gasteiger partial charge in [0, 0.05) is 16.5 Å². The Hall–Kier alpha value is -1.95. The van der Waals surface area contributed by atoms with Crippen molar-refractivity contribution in [1.82, 2.24) is 4.98 Å². The van der Waals surface area contributed by atoms with Crippen LogP contribution in [-0.4, -0.2) is 10.8 Å². The summed E-state index contributed by atoms with van der Waals surface area (Å²) < 4.78 is 0. The topological polar surface area (TPSA) is 34.3 Å². The minimum absolute atomic E-state index is 0.0153. The highest BCUT2D eigenvalue weighted by atomic mass is 16.1. The van der Waals surface area contributed by atoms with E-state index in [-0.39, 0.29) is 22.8 Å². The molecule has 2 aliphatic rings. The molecule has 0 spiro atoms. The molecule has 3 nitrogen and oxygen atoms in total. The van der Waals surface area contributed by atoms with Gasteiger partial charge in [-0.3, -0.25) is 4.98 Å². The average Bonchev–Trinajstić information content (AvgIpc) is 2.50. The van der Waals surface area contributed by atoms with E-state index < -0.39 is 5.41 Å².